The summed E-state index contributed by atoms with van der Waals surface area (Å²) in [5.74, 6) is -0.145. The first-order valence-corrected chi connectivity index (χ1v) is 8.25. The average molecular weight is 343 g/mol. The number of hydrogen-bond donors (Lipinski definition) is 1. The third-order valence-corrected chi connectivity index (χ3v) is 4.52. The molecule has 0 heterocycles. The highest BCUT2D eigenvalue weighted by Gasteiger charge is 2.24. The Morgan fingerprint density at radius 3 is 2.59 bits per heavy atom. The molecule has 2 amide bonds. The second kappa shape index (κ2) is 7.84. The van der Waals surface area contributed by atoms with Gasteiger partial charge in [0.1, 0.15) is 0 Å². The van der Waals surface area contributed by atoms with E-state index in [1.807, 2.05) is 4.90 Å². The Balaban J connectivity index is 1.90. The maximum atomic E-state index is 12.1. The fourth-order valence-electron chi connectivity index (χ4n) is 2.84. The van der Waals surface area contributed by atoms with Gasteiger partial charge in [-0.05, 0) is 31.0 Å². The summed E-state index contributed by atoms with van der Waals surface area (Å²) in [6.07, 6.45) is 4.61. The van der Waals surface area contributed by atoms with Crippen molar-refractivity contribution in [2.75, 3.05) is 11.9 Å². The molecule has 1 aliphatic rings. The summed E-state index contributed by atoms with van der Waals surface area (Å²) >= 11 is 11.9. The topological polar surface area (TPSA) is 49.4 Å². The molecular weight excluding hydrogens is 323 g/mol. The lowest BCUT2D eigenvalue weighted by Gasteiger charge is -2.27. The summed E-state index contributed by atoms with van der Waals surface area (Å²) in [6, 6.07) is 5.19. The number of hydrogen-bond acceptors (Lipinski definition) is 2. The van der Waals surface area contributed by atoms with E-state index in [0.29, 0.717) is 22.3 Å². The molecule has 0 unspecified atom stereocenters. The molecule has 0 spiro atoms. The maximum Gasteiger partial charge on any atom is 0.226 e. The van der Waals surface area contributed by atoms with E-state index in [1.54, 1.807) is 25.1 Å². The smallest absolute Gasteiger partial charge is 0.226 e. The van der Waals surface area contributed by atoms with E-state index in [4.69, 9.17) is 23.2 Å². The predicted molar refractivity (Wildman–Crippen MR) is 89.4 cm³/mol. The Kier molecular flexibility index (Phi) is 6.09. The molecule has 6 heteroatoms. The van der Waals surface area contributed by atoms with Gasteiger partial charge >= 0.3 is 0 Å². The van der Waals surface area contributed by atoms with Gasteiger partial charge < -0.3 is 10.2 Å². The molecule has 0 aromatic heterocycles. The van der Waals surface area contributed by atoms with Crippen LogP contribution in [0.25, 0.3) is 0 Å². The standard InChI is InChI=1S/C16H20Cl2N2O2/c1-11(21)20(13-4-2-3-5-13)9-8-16(22)19-15-10-12(17)6-7-14(15)18/h6-7,10,13H,2-5,8-9H2,1H3,(H,19,22). The molecule has 1 saturated carbocycles. The van der Waals surface area contributed by atoms with E-state index >= 15 is 0 Å². The first-order valence-electron chi connectivity index (χ1n) is 7.49. The molecule has 2 rings (SSSR count). The van der Waals surface area contributed by atoms with Gasteiger partial charge in [-0.15, -0.1) is 0 Å². The minimum atomic E-state index is -0.173. The largest absolute Gasteiger partial charge is 0.339 e. The van der Waals surface area contributed by atoms with Gasteiger partial charge in [0.15, 0.2) is 0 Å². The van der Waals surface area contributed by atoms with Crippen LogP contribution in [0, 0.1) is 0 Å². The lowest BCUT2D eigenvalue weighted by molar-refractivity contribution is -0.131. The first-order chi connectivity index (χ1) is 10.5. The van der Waals surface area contributed by atoms with Gasteiger partial charge in [0.05, 0.1) is 10.7 Å². The summed E-state index contributed by atoms with van der Waals surface area (Å²) in [6.45, 7) is 1.99. The highest BCUT2D eigenvalue weighted by Crippen LogP contribution is 2.26. The maximum absolute atomic E-state index is 12.1. The third-order valence-electron chi connectivity index (χ3n) is 3.95. The number of halogens is 2. The number of anilines is 1. The van der Waals surface area contributed by atoms with Gasteiger partial charge in [0.25, 0.3) is 0 Å². The molecule has 0 aliphatic heterocycles. The Bertz CT molecular complexity index is 557. The van der Waals surface area contributed by atoms with E-state index in [1.165, 1.54) is 0 Å². The summed E-state index contributed by atoms with van der Waals surface area (Å²) in [5.41, 5.74) is 0.495. The van der Waals surface area contributed by atoms with Crippen LogP contribution >= 0.6 is 23.2 Å². The van der Waals surface area contributed by atoms with Crippen molar-refractivity contribution < 1.29 is 9.59 Å². The first kappa shape index (κ1) is 17.1. The van der Waals surface area contributed by atoms with E-state index in [0.717, 1.165) is 25.7 Å². The fourth-order valence-corrected chi connectivity index (χ4v) is 3.18. The summed E-state index contributed by atoms with van der Waals surface area (Å²) in [7, 11) is 0. The molecule has 120 valence electrons. The van der Waals surface area contributed by atoms with Crippen molar-refractivity contribution in [1.82, 2.24) is 4.90 Å². The van der Waals surface area contributed by atoms with Crippen LogP contribution in [0.3, 0.4) is 0 Å². The van der Waals surface area contributed by atoms with Crippen LogP contribution in [0.1, 0.15) is 39.0 Å². The van der Waals surface area contributed by atoms with Crippen molar-refractivity contribution in [2.45, 2.75) is 45.1 Å². The fraction of sp³-hybridized carbons (Fsp3) is 0.500. The zero-order valence-electron chi connectivity index (χ0n) is 12.6. The van der Waals surface area contributed by atoms with Gasteiger partial charge in [-0.1, -0.05) is 36.0 Å². The Hall–Kier alpha value is -1.26. The van der Waals surface area contributed by atoms with Gasteiger partial charge in [0.2, 0.25) is 11.8 Å². The predicted octanol–water partition coefficient (Wildman–Crippen LogP) is 4.11. The Morgan fingerprint density at radius 2 is 1.95 bits per heavy atom. The van der Waals surface area contributed by atoms with Crippen LogP contribution in [-0.2, 0) is 9.59 Å². The van der Waals surface area contributed by atoms with E-state index in [-0.39, 0.29) is 24.3 Å². The van der Waals surface area contributed by atoms with Crippen LogP contribution in [-0.4, -0.2) is 29.3 Å². The lowest BCUT2D eigenvalue weighted by Crippen LogP contribution is -2.39. The number of nitrogens with one attached hydrogen (secondary N) is 1. The molecule has 1 aliphatic carbocycles. The minimum Gasteiger partial charge on any atom is -0.339 e. The monoisotopic (exact) mass is 342 g/mol. The summed E-state index contributed by atoms with van der Waals surface area (Å²) in [4.78, 5) is 25.6. The van der Waals surface area contributed by atoms with E-state index < -0.39 is 0 Å². The minimum absolute atomic E-state index is 0.0282. The van der Waals surface area contributed by atoms with Crippen molar-refractivity contribution in [3.05, 3.63) is 28.2 Å². The van der Waals surface area contributed by atoms with Crippen LogP contribution in [0.5, 0.6) is 0 Å². The zero-order chi connectivity index (χ0) is 16.1. The highest BCUT2D eigenvalue weighted by molar-refractivity contribution is 6.35. The van der Waals surface area contributed by atoms with E-state index in [2.05, 4.69) is 5.32 Å². The van der Waals surface area contributed by atoms with Crippen LogP contribution in [0.15, 0.2) is 18.2 Å². The quantitative estimate of drug-likeness (QED) is 0.875. The number of carbonyl (C=O) groups excluding carboxylic acids is 2. The Labute approximate surface area is 140 Å². The van der Waals surface area contributed by atoms with Crippen molar-refractivity contribution in [1.29, 1.82) is 0 Å². The number of amides is 2. The van der Waals surface area contributed by atoms with Crippen molar-refractivity contribution in [2.24, 2.45) is 0 Å². The van der Waals surface area contributed by atoms with Gasteiger partial charge in [-0.25, -0.2) is 0 Å². The molecule has 4 nitrogen and oxygen atoms in total. The molecule has 1 fully saturated rings. The van der Waals surface area contributed by atoms with Gasteiger partial charge in [-0.3, -0.25) is 9.59 Å². The van der Waals surface area contributed by atoms with Crippen LogP contribution < -0.4 is 5.32 Å². The van der Waals surface area contributed by atoms with Crippen LogP contribution in [0.2, 0.25) is 10.0 Å². The third kappa shape index (κ3) is 4.62. The van der Waals surface area contributed by atoms with E-state index in [9.17, 15) is 9.59 Å². The molecule has 1 aromatic carbocycles. The molecule has 0 radical (unpaired) electrons. The summed E-state index contributed by atoms with van der Waals surface area (Å²) in [5, 5.41) is 3.69. The van der Waals surface area contributed by atoms with Gasteiger partial charge in [-0.2, -0.15) is 0 Å². The summed E-state index contributed by atoms with van der Waals surface area (Å²) < 4.78 is 0. The normalized spacial score (nSPS) is 14.9. The number of benzene rings is 1. The van der Waals surface area contributed by atoms with Crippen molar-refractivity contribution in [3.63, 3.8) is 0 Å². The van der Waals surface area contributed by atoms with Crippen LogP contribution in [0.4, 0.5) is 5.69 Å². The number of nitrogens with zero attached hydrogens (tertiary/aromatic N) is 1. The lowest BCUT2D eigenvalue weighted by atomic mass is 10.2. The highest BCUT2D eigenvalue weighted by atomic mass is 35.5. The second-order valence-corrected chi connectivity index (χ2v) is 6.42. The zero-order valence-corrected chi connectivity index (χ0v) is 14.1. The average Bonchev–Trinajstić information content (AvgIpc) is 2.96. The molecule has 0 atom stereocenters. The number of rotatable bonds is 5. The second-order valence-electron chi connectivity index (χ2n) is 5.57. The van der Waals surface area contributed by atoms with Crippen molar-refractivity contribution in [3.8, 4) is 0 Å². The molecule has 1 aromatic rings. The molecule has 0 bridgehead atoms. The SMILES string of the molecule is CC(=O)N(CCC(=O)Nc1cc(Cl)ccc1Cl)C1CCCC1. The molecule has 1 N–H and O–H groups in total. The Morgan fingerprint density at radius 1 is 1.27 bits per heavy atom. The number of carbonyl (C=O) groups is 2. The van der Waals surface area contributed by atoms with Crippen molar-refractivity contribution >= 4 is 40.7 Å². The molecule has 22 heavy (non-hydrogen) atoms. The van der Waals surface area contributed by atoms with Gasteiger partial charge in [0, 0.05) is 31.0 Å². The molecular formula is C16H20Cl2N2O2. The molecule has 0 saturated heterocycles.